The summed E-state index contributed by atoms with van der Waals surface area (Å²) in [5, 5.41) is 3.41. The van der Waals surface area contributed by atoms with Crippen molar-refractivity contribution in [2.75, 3.05) is 19.3 Å². The van der Waals surface area contributed by atoms with Gasteiger partial charge in [-0.25, -0.2) is 9.79 Å². The number of urea groups is 1. The van der Waals surface area contributed by atoms with Crippen molar-refractivity contribution in [1.82, 2.24) is 15.1 Å². The summed E-state index contributed by atoms with van der Waals surface area (Å²) in [5.41, 5.74) is 0. The maximum atomic E-state index is 12.5. The van der Waals surface area contributed by atoms with E-state index in [1.54, 1.807) is 23.7 Å². The highest BCUT2D eigenvalue weighted by molar-refractivity contribution is 8.13. The first kappa shape index (κ1) is 22.1. The van der Waals surface area contributed by atoms with Gasteiger partial charge < -0.3 is 9.80 Å². The molecule has 0 aliphatic carbocycles. The van der Waals surface area contributed by atoms with E-state index in [0.717, 1.165) is 23.9 Å². The molecule has 154 valence electrons. The Labute approximate surface area is 168 Å². The third-order valence-electron chi connectivity index (χ3n) is 5.30. The van der Waals surface area contributed by atoms with Gasteiger partial charge in [0.1, 0.15) is 0 Å². The van der Waals surface area contributed by atoms with Gasteiger partial charge in [0.2, 0.25) is 0 Å². The number of fused-ring (bicyclic) bond motifs is 1. The molecule has 1 N–H and O–H groups in total. The normalized spacial score (nSPS) is 22.1. The second kappa shape index (κ2) is 11.6. The average molecular weight is 397 g/mol. The molecule has 0 saturated carbocycles. The first-order valence-electron chi connectivity index (χ1n) is 10.6. The zero-order valence-electron chi connectivity index (χ0n) is 17.2. The lowest BCUT2D eigenvalue weighted by atomic mass is 10.1. The fraction of sp³-hybridized carbons (Fsp3) is 0.850. The summed E-state index contributed by atoms with van der Waals surface area (Å²) in [4.78, 5) is 32.9. The number of unbranched alkanes of at least 4 members (excludes halogenated alkanes) is 8. The van der Waals surface area contributed by atoms with E-state index < -0.39 is 0 Å². The molecule has 1 saturated heterocycles. The number of carbonyl (C=O) groups is 2. The number of carbonyl (C=O) groups excluding carboxylic acids is 2. The molecule has 2 rings (SSSR count). The Balaban J connectivity index is 1.94. The second-order valence-electron chi connectivity index (χ2n) is 7.55. The fourth-order valence-corrected chi connectivity index (χ4v) is 4.69. The van der Waals surface area contributed by atoms with Crippen molar-refractivity contribution in [3.05, 3.63) is 0 Å². The molecule has 0 aromatic carbocycles. The maximum Gasteiger partial charge on any atom is 0.325 e. The minimum absolute atomic E-state index is 0.209. The van der Waals surface area contributed by atoms with Gasteiger partial charge in [0, 0.05) is 19.3 Å². The molecule has 7 heteroatoms. The first-order valence-corrected chi connectivity index (χ1v) is 11.6. The van der Waals surface area contributed by atoms with E-state index in [9.17, 15) is 9.59 Å². The Morgan fingerprint density at radius 1 is 0.963 bits per heavy atom. The van der Waals surface area contributed by atoms with Crippen molar-refractivity contribution in [1.29, 1.82) is 0 Å². The lowest BCUT2D eigenvalue weighted by molar-refractivity contribution is -0.127. The van der Waals surface area contributed by atoms with Crippen LogP contribution in [0.1, 0.15) is 78.1 Å². The molecule has 2 atom stereocenters. The molecule has 0 radical (unpaired) electrons. The highest BCUT2D eigenvalue weighted by Crippen LogP contribution is 2.29. The van der Waals surface area contributed by atoms with Crippen LogP contribution in [0.3, 0.4) is 0 Å². The van der Waals surface area contributed by atoms with Gasteiger partial charge in [-0.1, -0.05) is 77.0 Å². The lowest BCUT2D eigenvalue weighted by Crippen LogP contribution is -2.63. The highest BCUT2D eigenvalue weighted by Gasteiger charge is 2.48. The number of hydrogen-bond acceptors (Lipinski definition) is 5. The SMILES string of the molecule is CCCCCCCCN1C(SCCCCCC)=NC2C1C(=O)NC(=O)N2C. The van der Waals surface area contributed by atoms with Gasteiger partial charge in [-0.15, -0.1) is 0 Å². The molecular weight excluding hydrogens is 360 g/mol. The monoisotopic (exact) mass is 396 g/mol. The number of imide groups is 1. The van der Waals surface area contributed by atoms with Gasteiger partial charge in [-0.3, -0.25) is 10.1 Å². The number of nitrogens with zero attached hydrogens (tertiary/aromatic N) is 3. The number of hydrogen-bond donors (Lipinski definition) is 1. The average Bonchev–Trinajstić information content (AvgIpc) is 3.01. The van der Waals surface area contributed by atoms with E-state index >= 15 is 0 Å². The Hall–Kier alpha value is -1.24. The quantitative estimate of drug-likeness (QED) is 0.502. The standard InChI is InChI=1S/C20H36N4O2S/c1-4-6-8-10-11-12-14-24-16-17(23(3)19(26)22-18(16)25)21-20(24)27-15-13-9-7-5-2/h16-17H,4-15H2,1-3H3,(H,22,25,26). The van der Waals surface area contributed by atoms with Crippen LogP contribution in [-0.4, -0.2) is 58.5 Å². The van der Waals surface area contributed by atoms with Crippen LogP contribution >= 0.6 is 11.8 Å². The van der Waals surface area contributed by atoms with Crippen LogP contribution in [0.4, 0.5) is 4.79 Å². The van der Waals surface area contributed by atoms with Crippen molar-refractivity contribution in [3.63, 3.8) is 0 Å². The van der Waals surface area contributed by atoms with Crippen molar-refractivity contribution in [2.24, 2.45) is 4.99 Å². The minimum atomic E-state index is -0.385. The lowest BCUT2D eigenvalue weighted by Gasteiger charge is -2.36. The fourth-order valence-electron chi connectivity index (χ4n) is 3.61. The summed E-state index contributed by atoms with van der Waals surface area (Å²) in [6.07, 6.45) is 11.8. The molecule has 2 aliphatic rings. The molecule has 0 aromatic heterocycles. The summed E-state index contributed by atoms with van der Waals surface area (Å²) in [6, 6.07) is -0.722. The molecular formula is C20H36N4O2S. The zero-order chi connectivity index (χ0) is 19.6. The van der Waals surface area contributed by atoms with Crippen LogP contribution in [0.15, 0.2) is 4.99 Å². The Bertz CT molecular complexity index is 526. The highest BCUT2D eigenvalue weighted by atomic mass is 32.2. The van der Waals surface area contributed by atoms with Crippen LogP contribution in [0.5, 0.6) is 0 Å². The van der Waals surface area contributed by atoms with E-state index in [4.69, 9.17) is 4.99 Å². The molecule has 6 nitrogen and oxygen atoms in total. The van der Waals surface area contributed by atoms with Gasteiger partial charge in [-0.2, -0.15) is 0 Å². The second-order valence-corrected chi connectivity index (χ2v) is 8.61. The van der Waals surface area contributed by atoms with E-state index in [0.29, 0.717) is 0 Å². The summed E-state index contributed by atoms with van der Waals surface area (Å²) in [6.45, 7) is 5.28. The smallest absolute Gasteiger partial charge is 0.325 e. The molecule has 2 aliphatic heterocycles. The van der Waals surface area contributed by atoms with Crippen molar-refractivity contribution in [2.45, 2.75) is 90.3 Å². The molecule has 0 bridgehead atoms. The van der Waals surface area contributed by atoms with Crippen molar-refractivity contribution in [3.8, 4) is 0 Å². The third-order valence-corrected chi connectivity index (χ3v) is 6.40. The number of rotatable bonds is 12. The molecule has 1 fully saturated rings. The summed E-state index contributed by atoms with van der Waals surface area (Å²) < 4.78 is 0. The number of thioether (sulfide) groups is 1. The summed E-state index contributed by atoms with van der Waals surface area (Å²) in [7, 11) is 1.72. The zero-order valence-corrected chi connectivity index (χ0v) is 18.0. The van der Waals surface area contributed by atoms with Crippen molar-refractivity contribution >= 4 is 28.9 Å². The maximum absolute atomic E-state index is 12.5. The van der Waals surface area contributed by atoms with Gasteiger partial charge >= 0.3 is 6.03 Å². The first-order chi connectivity index (χ1) is 13.1. The van der Waals surface area contributed by atoms with Gasteiger partial charge in [0.25, 0.3) is 5.91 Å². The summed E-state index contributed by atoms with van der Waals surface area (Å²) >= 11 is 1.74. The third kappa shape index (κ3) is 6.13. The molecule has 0 aromatic rings. The van der Waals surface area contributed by atoms with E-state index in [-0.39, 0.29) is 24.1 Å². The van der Waals surface area contributed by atoms with Crippen LogP contribution in [0, 0.1) is 0 Å². The number of likely N-dealkylation sites (N-methyl/N-ethyl adjacent to an activating group) is 1. The number of amidine groups is 1. The topological polar surface area (TPSA) is 65.0 Å². The van der Waals surface area contributed by atoms with Crippen LogP contribution in [-0.2, 0) is 4.79 Å². The predicted octanol–water partition coefficient (Wildman–Crippen LogP) is 4.21. The van der Waals surface area contributed by atoms with Gasteiger partial charge in [-0.05, 0) is 12.8 Å². The number of nitrogens with one attached hydrogen (secondary N) is 1. The van der Waals surface area contributed by atoms with E-state index in [1.165, 1.54) is 57.8 Å². The van der Waals surface area contributed by atoms with E-state index in [2.05, 4.69) is 24.1 Å². The Morgan fingerprint density at radius 2 is 1.59 bits per heavy atom. The van der Waals surface area contributed by atoms with Gasteiger partial charge in [0.15, 0.2) is 17.4 Å². The Kier molecular flexibility index (Phi) is 9.45. The minimum Gasteiger partial charge on any atom is -0.336 e. The largest absolute Gasteiger partial charge is 0.336 e. The molecule has 27 heavy (non-hydrogen) atoms. The van der Waals surface area contributed by atoms with Gasteiger partial charge in [0.05, 0.1) is 0 Å². The molecule has 2 heterocycles. The van der Waals surface area contributed by atoms with Crippen LogP contribution in [0.25, 0.3) is 0 Å². The Morgan fingerprint density at radius 3 is 2.30 bits per heavy atom. The molecule has 0 spiro atoms. The molecule has 2 unspecified atom stereocenters. The molecule has 3 amide bonds. The summed E-state index contributed by atoms with van der Waals surface area (Å²) in [5.74, 6) is 0.810. The number of amides is 3. The number of aliphatic imine (C=N–C) groups is 1. The van der Waals surface area contributed by atoms with Crippen LogP contribution in [0.2, 0.25) is 0 Å². The van der Waals surface area contributed by atoms with E-state index in [1.807, 2.05) is 0 Å². The predicted molar refractivity (Wildman–Crippen MR) is 113 cm³/mol. The van der Waals surface area contributed by atoms with Crippen LogP contribution < -0.4 is 5.32 Å². The van der Waals surface area contributed by atoms with Crippen molar-refractivity contribution < 1.29 is 9.59 Å².